The van der Waals surface area contributed by atoms with E-state index in [1.54, 1.807) is 12.1 Å². The van der Waals surface area contributed by atoms with Crippen molar-refractivity contribution in [3.05, 3.63) is 28.8 Å². The van der Waals surface area contributed by atoms with Gasteiger partial charge in [-0.15, -0.1) is 0 Å². The van der Waals surface area contributed by atoms with Crippen molar-refractivity contribution in [2.45, 2.75) is 19.9 Å². The molecule has 76 valence electrons. The van der Waals surface area contributed by atoms with E-state index in [1.165, 1.54) is 0 Å². The van der Waals surface area contributed by atoms with E-state index in [2.05, 4.69) is 0 Å². The Morgan fingerprint density at radius 1 is 1.36 bits per heavy atom. The molecule has 0 spiro atoms. The Labute approximate surface area is 82.5 Å². The molecule has 1 rings (SSSR count). The van der Waals surface area contributed by atoms with Gasteiger partial charge in [0.05, 0.1) is 0 Å². The van der Waals surface area contributed by atoms with Gasteiger partial charge >= 0.3 is 5.97 Å². The van der Waals surface area contributed by atoms with Gasteiger partial charge in [0.2, 0.25) is 0 Å². The topological polar surface area (TPSA) is 89.3 Å². The van der Waals surface area contributed by atoms with Crippen LogP contribution in [-0.4, -0.2) is 11.1 Å². The lowest BCUT2D eigenvalue weighted by molar-refractivity contribution is -0.138. The van der Waals surface area contributed by atoms with Crippen LogP contribution in [-0.2, 0) is 4.79 Å². The molecule has 0 heterocycles. The third-order valence-corrected chi connectivity index (χ3v) is 2.24. The lowest BCUT2D eigenvalue weighted by Gasteiger charge is -2.11. The van der Waals surface area contributed by atoms with Crippen molar-refractivity contribution in [2.75, 3.05) is 5.73 Å². The highest BCUT2D eigenvalue weighted by molar-refractivity contribution is 5.76. The van der Waals surface area contributed by atoms with Crippen LogP contribution in [0.25, 0.3) is 0 Å². The quantitative estimate of drug-likeness (QED) is 0.612. The Kier molecular flexibility index (Phi) is 2.76. The van der Waals surface area contributed by atoms with Crippen molar-refractivity contribution >= 4 is 11.7 Å². The molecule has 0 saturated carbocycles. The van der Waals surface area contributed by atoms with Gasteiger partial charge in [-0.2, -0.15) is 0 Å². The third kappa shape index (κ3) is 1.85. The molecule has 0 bridgehead atoms. The lowest BCUT2D eigenvalue weighted by Crippen LogP contribution is -2.21. The first-order valence-electron chi connectivity index (χ1n) is 4.28. The second kappa shape index (κ2) is 3.67. The van der Waals surface area contributed by atoms with Gasteiger partial charge in [0, 0.05) is 5.69 Å². The van der Waals surface area contributed by atoms with Crippen LogP contribution >= 0.6 is 0 Å². The fourth-order valence-corrected chi connectivity index (χ4v) is 1.33. The predicted molar refractivity (Wildman–Crippen MR) is 54.9 cm³/mol. The number of carbonyl (C=O) groups is 1. The minimum absolute atomic E-state index is 0.585. The summed E-state index contributed by atoms with van der Waals surface area (Å²) in [6.45, 7) is 3.67. The van der Waals surface area contributed by atoms with Crippen LogP contribution in [0.3, 0.4) is 0 Å². The highest BCUT2D eigenvalue weighted by atomic mass is 16.4. The number of benzene rings is 1. The molecular weight excluding hydrogens is 180 g/mol. The van der Waals surface area contributed by atoms with Crippen LogP contribution in [0.15, 0.2) is 12.1 Å². The van der Waals surface area contributed by atoms with E-state index in [1.807, 2.05) is 13.8 Å². The molecule has 0 aliphatic carbocycles. The first kappa shape index (κ1) is 10.5. The van der Waals surface area contributed by atoms with Gasteiger partial charge in [0.15, 0.2) is 0 Å². The molecule has 5 N–H and O–H groups in total. The average molecular weight is 194 g/mol. The summed E-state index contributed by atoms with van der Waals surface area (Å²) in [6, 6.07) is 2.44. The van der Waals surface area contributed by atoms with E-state index in [-0.39, 0.29) is 0 Å². The van der Waals surface area contributed by atoms with E-state index < -0.39 is 12.0 Å². The van der Waals surface area contributed by atoms with Gasteiger partial charge in [-0.05, 0) is 30.5 Å². The molecule has 0 saturated heterocycles. The highest BCUT2D eigenvalue weighted by Gasteiger charge is 2.15. The van der Waals surface area contributed by atoms with Crippen LogP contribution in [0, 0.1) is 13.8 Å². The summed E-state index contributed by atoms with van der Waals surface area (Å²) >= 11 is 0. The second-order valence-corrected chi connectivity index (χ2v) is 3.38. The van der Waals surface area contributed by atoms with Crippen LogP contribution in [0.1, 0.15) is 22.7 Å². The smallest absolute Gasteiger partial charge is 0.325 e. The number of carboxylic acid groups (broad SMARTS) is 1. The number of carboxylic acids is 1. The van der Waals surface area contributed by atoms with E-state index in [0.29, 0.717) is 11.3 Å². The largest absolute Gasteiger partial charge is 0.480 e. The van der Waals surface area contributed by atoms with Crippen LogP contribution in [0.5, 0.6) is 0 Å². The first-order chi connectivity index (χ1) is 6.43. The Balaban J connectivity index is 3.19. The number of nitrogens with two attached hydrogens (primary N) is 2. The first-order valence-corrected chi connectivity index (χ1v) is 4.28. The molecule has 0 unspecified atom stereocenters. The van der Waals surface area contributed by atoms with E-state index in [4.69, 9.17) is 16.6 Å². The molecule has 1 aromatic rings. The summed E-state index contributed by atoms with van der Waals surface area (Å²) in [5.41, 5.74) is 14.2. The molecule has 14 heavy (non-hydrogen) atoms. The summed E-state index contributed by atoms with van der Waals surface area (Å²) in [7, 11) is 0. The minimum Gasteiger partial charge on any atom is -0.480 e. The molecular formula is C10H14N2O2. The zero-order valence-corrected chi connectivity index (χ0v) is 8.24. The molecule has 0 radical (unpaired) electrons. The molecule has 4 nitrogen and oxygen atoms in total. The fourth-order valence-electron chi connectivity index (χ4n) is 1.33. The van der Waals surface area contributed by atoms with E-state index in [0.717, 1.165) is 11.1 Å². The van der Waals surface area contributed by atoms with E-state index >= 15 is 0 Å². The Morgan fingerprint density at radius 2 is 1.79 bits per heavy atom. The summed E-state index contributed by atoms with van der Waals surface area (Å²) < 4.78 is 0. The van der Waals surface area contributed by atoms with Crippen molar-refractivity contribution in [3.63, 3.8) is 0 Å². The Hall–Kier alpha value is -1.55. The van der Waals surface area contributed by atoms with Crippen LogP contribution < -0.4 is 11.5 Å². The lowest BCUT2D eigenvalue weighted by atomic mass is 10.0. The zero-order chi connectivity index (χ0) is 10.9. The Morgan fingerprint density at radius 3 is 2.14 bits per heavy atom. The number of rotatable bonds is 2. The number of anilines is 1. The number of aliphatic carboxylic acids is 1. The second-order valence-electron chi connectivity index (χ2n) is 3.38. The standard InChI is InChI=1S/C10H14N2O2/c1-5-3-7(9(12)10(13)14)4-6(2)8(5)11/h3-4,9H,11-12H2,1-2H3,(H,13,14)/t9-/m1/s1. The molecule has 0 aromatic heterocycles. The summed E-state index contributed by atoms with van der Waals surface area (Å²) in [4.78, 5) is 10.7. The predicted octanol–water partition coefficient (Wildman–Crippen LogP) is 0.970. The maximum absolute atomic E-state index is 10.7. The van der Waals surface area contributed by atoms with E-state index in [9.17, 15) is 4.79 Å². The van der Waals surface area contributed by atoms with Gasteiger partial charge in [0.1, 0.15) is 6.04 Å². The maximum Gasteiger partial charge on any atom is 0.325 e. The summed E-state index contributed by atoms with van der Waals surface area (Å²) in [5, 5.41) is 8.73. The molecule has 0 amide bonds. The molecule has 1 aromatic carbocycles. The third-order valence-electron chi connectivity index (χ3n) is 2.24. The summed E-state index contributed by atoms with van der Waals surface area (Å²) in [6.07, 6.45) is 0. The van der Waals surface area contributed by atoms with Crippen molar-refractivity contribution in [1.29, 1.82) is 0 Å². The molecule has 4 heteroatoms. The zero-order valence-electron chi connectivity index (χ0n) is 8.24. The maximum atomic E-state index is 10.7. The summed E-state index contributed by atoms with van der Waals surface area (Å²) in [5.74, 6) is -1.03. The monoisotopic (exact) mass is 194 g/mol. The van der Waals surface area contributed by atoms with Gasteiger partial charge in [-0.3, -0.25) is 4.79 Å². The van der Waals surface area contributed by atoms with Gasteiger partial charge < -0.3 is 16.6 Å². The Bertz CT molecular complexity index is 351. The van der Waals surface area contributed by atoms with Gasteiger partial charge in [0.25, 0.3) is 0 Å². The fraction of sp³-hybridized carbons (Fsp3) is 0.300. The van der Waals surface area contributed by atoms with Crippen molar-refractivity contribution in [2.24, 2.45) is 5.73 Å². The minimum atomic E-state index is -1.03. The van der Waals surface area contributed by atoms with Crippen LogP contribution in [0.4, 0.5) is 5.69 Å². The molecule has 1 atom stereocenters. The average Bonchev–Trinajstić information content (AvgIpc) is 2.12. The molecule has 0 aliphatic heterocycles. The number of nitrogen functional groups attached to an aromatic ring is 1. The molecule has 0 aliphatic rings. The number of hydrogen-bond donors (Lipinski definition) is 3. The SMILES string of the molecule is Cc1cc([C@@H](N)C(=O)O)cc(C)c1N. The number of aryl methyl sites for hydroxylation is 2. The van der Waals surface area contributed by atoms with Crippen molar-refractivity contribution in [3.8, 4) is 0 Å². The number of hydrogen-bond acceptors (Lipinski definition) is 3. The van der Waals surface area contributed by atoms with Crippen LogP contribution in [0.2, 0.25) is 0 Å². The van der Waals surface area contributed by atoms with Crippen molar-refractivity contribution < 1.29 is 9.90 Å². The highest BCUT2D eigenvalue weighted by Crippen LogP contribution is 2.21. The van der Waals surface area contributed by atoms with Crippen molar-refractivity contribution in [1.82, 2.24) is 0 Å². The van der Waals surface area contributed by atoms with Gasteiger partial charge in [-0.1, -0.05) is 12.1 Å². The normalized spacial score (nSPS) is 12.5. The van der Waals surface area contributed by atoms with Gasteiger partial charge in [-0.25, -0.2) is 0 Å². The molecule has 0 fully saturated rings.